The largest absolute Gasteiger partial charge is 0.315 e. The normalized spacial score (nSPS) is 9.43. The molecule has 0 saturated carbocycles. The highest BCUT2D eigenvalue weighted by Gasteiger charge is 2.11. The first-order valence-electron chi connectivity index (χ1n) is 6.11. The molecule has 3 rings (SSSR count). The minimum atomic E-state index is 0.323. The molecular formula is C14H11N7. The molecule has 0 atom stereocenters. The van der Waals surface area contributed by atoms with Gasteiger partial charge in [0.05, 0.1) is 17.9 Å². The van der Waals surface area contributed by atoms with Crippen molar-refractivity contribution >= 4 is 5.52 Å². The fraction of sp³-hybridized carbons (Fsp3) is 0.0714. The molecule has 0 fully saturated rings. The van der Waals surface area contributed by atoms with E-state index in [0.29, 0.717) is 6.54 Å². The van der Waals surface area contributed by atoms with Crippen molar-refractivity contribution in [2.24, 2.45) is 5.11 Å². The van der Waals surface area contributed by atoms with Gasteiger partial charge in [-0.25, -0.2) is 0 Å². The van der Waals surface area contributed by atoms with E-state index in [1.54, 1.807) is 6.20 Å². The third-order valence-corrected chi connectivity index (χ3v) is 2.97. The van der Waals surface area contributed by atoms with Gasteiger partial charge in [0.2, 0.25) is 0 Å². The molecule has 0 amide bonds. The number of azide groups is 1. The predicted octanol–water partition coefficient (Wildman–Crippen LogP) is 3.84. The molecule has 7 heteroatoms. The van der Waals surface area contributed by atoms with Crippen LogP contribution in [-0.4, -0.2) is 9.38 Å². The van der Waals surface area contributed by atoms with Gasteiger partial charge in [0.1, 0.15) is 0 Å². The van der Waals surface area contributed by atoms with E-state index in [-0.39, 0.29) is 0 Å². The van der Waals surface area contributed by atoms with E-state index >= 15 is 0 Å². The Balaban J connectivity index is 0.000000774. The van der Waals surface area contributed by atoms with Gasteiger partial charge in [0, 0.05) is 33.6 Å². The Morgan fingerprint density at radius 2 is 2.00 bits per heavy atom. The fourth-order valence-electron chi connectivity index (χ4n) is 2.20. The molecule has 7 nitrogen and oxygen atoms in total. The molecular weight excluding hydrogens is 266 g/mol. The first-order valence-corrected chi connectivity index (χ1v) is 6.11. The van der Waals surface area contributed by atoms with Crippen molar-refractivity contribution < 1.29 is 0 Å². The van der Waals surface area contributed by atoms with Crippen molar-refractivity contribution in [3.05, 3.63) is 70.9 Å². The van der Waals surface area contributed by atoms with E-state index in [1.807, 2.05) is 48.7 Å². The van der Waals surface area contributed by atoms with Crippen LogP contribution in [0.4, 0.5) is 0 Å². The van der Waals surface area contributed by atoms with Crippen LogP contribution in [0.25, 0.3) is 27.3 Å². The highest BCUT2D eigenvalue weighted by molar-refractivity contribution is 5.69. The lowest BCUT2D eigenvalue weighted by molar-refractivity contribution is 1.04. The Bertz CT molecular complexity index is 798. The predicted molar refractivity (Wildman–Crippen MR) is 76.9 cm³/mol. The van der Waals surface area contributed by atoms with Crippen molar-refractivity contribution in [3.8, 4) is 11.4 Å². The van der Waals surface area contributed by atoms with Crippen molar-refractivity contribution in [1.82, 2.24) is 9.38 Å². The lowest BCUT2D eigenvalue weighted by atomic mass is 10.2. The minimum absolute atomic E-state index is 0.323. The van der Waals surface area contributed by atoms with Crippen LogP contribution in [0, 0.1) is 10.8 Å². The number of fused-ring (bicyclic) bond motifs is 1. The van der Waals surface area contributed by atoms with Crippen molar-refractivity contribution in [3.63, 3.8) is 0 Å². The second-order valence-corrected chi connectivity index (χ2v) is 4.12. The molecule has 0 aliphatic carbocycles. The van der Waals surface area contributed by atoms with Gasteiger partial charge in [-0.05, 0) is 41.4 Å². The molecule has 0 aliphatic rings. The molecule has 0 radical (unpaired) electrons. The second-order valence-electron chi connectivity index (χ2n) is 4.12. The number of hydrogen-bond donors (Lipinski definition) is 0. The Kier molecular flexibility index (Phi) is 4.49. The van der Waals surface area contributed by atoms with Crippen molar-refractivity contribution in [2.75, 3.05) is 0 Å². The molecule has 3 heterocycles. The fourth-order valence-corrected chi connectivity index (χ4v) is 2.20. The quantitative estimate of drug-likeness (QED) is 0.313. The van der Waals surface area contributed by atoms with Crippen LogP contribution in [0.3, 0.4) is 0 Å². The molecule has 0 bridgehead atoms. The summed E-state index contributed by atoms with van der Waals surface area (Å²) in [4.78, 5) is 7.22. The van der Waals surface area contributed by atoms with Crippen molar-refractivity contribution in [1.29, 1.82) is 10.8 Å². The summed E-state index contributed by atoms with van der Waals surface area (Å²) in [6, 6.07) is 13.8. The minimum Gasteiger partial charge on any atom is -0.315 e. The second kappa shape index (κ2) is 6.70. The molecule has 3 aromatic rings. The summed E-state index contributed by atoms with van der Waals surface area (Å²) >= 11 is 0. The van der Waals surface area contributed by atoms with Gasteiger partial charge in [-0.15, -0.1) is 0 Å². The topological polar surface area (TPSA) is 114 Å². The Labute approximate surface area is 120 Å². The van der Waals surface area contributed by atoms with Gasteiger partial charge in [-0.1, -0.05) is 17.2 Å². The smallest absolute Gasteiger partial charge is 0.0872 e. The molecule has 0 unspecified atom stereocenters. The summed E-state index contributed by atoms with van der Waals surface area (Å²) < 4.78 is 2.06. The molecule has 0 spiro atoms. The number of rotatable bonds is 3. The summed E-state index contributed by atoms with van der Waals surface area (Å²) in [7, 11) is 0. The number of nitrogens with zero attached hydrogens (tertiary/aromatic N) is 7. The Hall–Kier alpha value is -3.36. The third kappa shape index (κ3) is 2.81. The maximum atomic E-state index is 8.50. The monoisotopic (exact) mass is 277 g/mol. The molecule has 3 aromatic heterocycles. The van der Waals surface area contributed by atoms with E-state index in [1.165, 1.54) is 0 Å². The zero-order valence-corrected chi connectivity index (χ0v) is 11.0. The summed E-state index contributed by atoms with van der Waals surface area (Å²) in [5.41, 5.74) is 12.4. The van der Waals surface area contributed by atoms with Crippen LogP contribution >= 0.6 is 0 Å². The number of pyridine rings is 2. The van der Waals surface area contributed by atoms with Gasteiger partial charge in [0.15, 0.2) is 0 Å². The van der Waals surface area contributed by atoms with E-state index in [9.17, 15) is 0 Å². The average Bonchev–Trinajstić information content (AvgIpc) is 2.94. The highest BCUT2D eigenvalue weighted by Crippen LogP contribution is 2.26. The van der Waals surface area contributed by atoms with Gasteiger partial charge < -0.3 is 4.40 Å². The van der Waals surface area contributed by atoms with E-state index in [2.05, 4.69) is 19.4 Å². The molecule has 0 N–H and O–H groups in total. The average molecular weight is 277 g/mol. The number of aromatic nitrogens is 2. The maximum Gasteiger partial charge on any atom is 0.0872 e. The summed E-state index contributed by atoms with van der Waals surface area (Å²) in [6.45, 7) is 0.323. The SMILES string of the molecule is N#N.[N-]=[N+]=NCc1cc2ccccn2c1-c1ccccn1. The van der Waals surface area contributed by atoms with Gasteiger partial charge >= 0.3 is 0 Å². The first-order chi connectivity index (χ1) is 10.4. The molecule has 0 saturated heterocycles. The van der Waals surface area contributed by atoms with Crippen LogP contribution < -0.4 is 0 Å². The van der Waals surface area contributed by atoms with E-state index in [4.69, 9.17) is 16.3 Å². The molecule has 0 aromatic carbocycles. The number of hydrogen-bond acceptors (Lipinski definition) is 4. The zero-order valence-electron chi connectivity index (χ0n) is 11.0. The van der Waals surface area contributed by atoms with Gasteiger partial charge in [-0.3, -0.25) is 4.98 Å². The molecule has 0 aliphatic heterocycles. The van der Waals surface area contributed by atoms with Crippen LogP contribution in [0.2, 0.25) is 0 Å². The Morgan fingerprint density at radius 1 is 1.19 bits per heavy atom. The highest BCUT2D eigenvalue weighted by atomic mass is 15.1. The van der Waals surface area contributed by atoms with Crippen molar-refractivity contribution in [2.45, 2.75) is 6.54 Å². The third-order valence-electron chi connectivity index (χ3n) is 2.97. The lowest BCUT2D eigenvalue weighted by Gasteiger charge is -2.04. The zero-order chi connectivity index (χ0) is 15.1. The summed E-state index contributed by atoms with van der Waals surface area (Å²) in [5, 5.41) is 15.7. The first kappa shape index (κ1) is 14.1. The van der Waals surface area contributed by atoms with Crippen LogP contribution in [0.15, 0.2) is 60.0 Å². The molecule has 21 heavy (non-hydrogen) atoms. The van der Waals surface area contributed by atoms with Crippen LogP contribution in [0.1, 0.15) is 5.56 Å². The summed E-state index contributed by atoms with van der Waals surface area (Å²) in [5.74, 6) is 0. The summed E-state index contributed by atoms with van der Waals surface area (Å²) in [6.07, 6.45) is 3.74. The standard InChI is InChI=1S/C14H11N5.N2/c15-18-17-10-11-9-12-5-2-4-8-19(12)14(11)13-6-1-3-7-16-13;1-2/h1-9H,10H2;. The lowest BCUT2D eigenvalue weighted by Crippen LogP contribution is -1.92. The van der Waals surface area contributed by atoms with Gasteiger partial charge in [-0.2, -0.15) is 0 Å². The van der Waals surface area contributed by atoms with Crippen LogP contribution in [-0.2, 0) is 6.54 Å². The Morgan fingerprint density at radius 3 is 2.71 bits per heavy atom. The van der Waals surface area contributed by atoms with E-state index < -0.39 is 0 Å². The van der Waals surface area contributed by atoms with Crippen LogP contribution in [0.5, 0.6) is 0 Å². The van der Waals surface area contributed by atoms with Gasteiger partial charge in [0.25, 0.3) is 0 Å². The maximum absolute atomic E-state index is 8.50. The molecule has 102 valence electrons. The van der Waals surface area contributed by atoms with E-state index in [0.717, 1.165) is 22.5 Å².